The number of fused-ring (bicyclic) bond motifs is 3. The molecule has 0 spiro atoms. The summed E-state index contributed by atoms with van der Waals surface area (Å²) in [5.74, 6) is 0. The molecule has 7 aromatic carbocycles. The van der Waals surface area contributed by atoms with Gasteiger partial charge in [-0.05, 0) is 99.8 Å². The average Bonchev–Trinajstić information content (AvgIpc) is 3.60. The highest BCUT2D eigenvalue weighted by molar-refractivity contribution is 7.21. The number of hydrogen-bond donors (Lipinski definition) is 0. The van der Waals surface area contributed by atoms with Crippen molar-refractivity contribution in [2.75, 3.05) is 4.90 Å². The Morgan fingerprint density at radius 3 is 1.71 bits per heavy atom. The van der Waals surface area contributed by atoms with Crippen LogP contribution in [0, 0.1) is 0 Å². The van der Waals surface area contributed by atoms with E-state index in [0.717, 1.165) is 44.1 Å². The number of hydrogen-bond acceptors (Lipinski definition) is 4. The Morgan fingerprint density at radius 2 is 1.00 bits per heavy atom. The first-order valence-electron chi connectivity index (χ1n) is 16.1. The average molecular weight is 632 g/mol. The Kier molecular flexibility index (Phi) is 6.99. The van der Waals surface area contributed by atoms with Crippen LogP contribution in [0.4, 0.5) is 17.1 Å². The molecule has 226 valence electrons. The van der Waals surface area contributed by atoms with Crippen LogP contribution in [0.5, 0.6) is 0 Å². The molecule has 0 saturated heterocycles. The van der Waals surface area contributed by atoms with Crippen molar-refractivity contribution in [1.29, 1.82) is 0 Å². The second-order valence-corrected chi connectivity index (χ2v) is 13.0. The van der Waals surface area contributed by atoms with E-state index in [1.165, 1.54) is 37.7 Å². The van der Waals surface area contributed by atoms with Crippen molar-refractivity contribution in [2.45, 2.75) is 0 Å². The Bertz CT molecular complexity index is 2500. The third-order valence-electron chi connectivity index (χ3n) is 8.92. The maximum Gasteiger partial charge on any atom is 0.124 e. The summed E-state index contributed by atoms with van der Waals surface area (Å²) in [4.78, 5) is 11.7. The number of nitrogens with zero attached hydrogens (tertiary/aromatic N) is 3. The molecule has 0 aliphatic heterocycles. The lowest BCUT2D eigenvalue weighted by Crippen LogP contribution is -2.09. The minimum Gasteiger partial charge on any atom is -0.310 e. The molecule has 2 aromatic heterocycles. The molecule has 0 radical (unpaired) electrons. The summed E-state index contributed by atoms with van der Waals surface area (Å²) >= 11 is 1.74. The van der Waals surface area contributed by atoms with Gasteiger partial charge in [-0.2, -0.15) is 0 Å². The zero-order chi connectivity index (χ0) is 31.9. The Balaban J connectivity index is 0.991. The molecule has 0 fully saturated rings. The molecular weight excluding hydrogens is 603 g/mol. The molecule has 0 saturated carbocycles. The van der Waals surface area contributed by atoms with Crippen LogP contribution < -0.4 is 4.90 Å². The van der Waals surface area contributed by atoms with E-state index < -0.39 is 0 Å². The van der Waals surface area contributed by atoms with E-state index in [4.69, 9.17) is 4.98 Å². The van der Waals surface area contributed by atoms with E-state index in [1.54, 1.807) is 11.3 Å². The Morgan fingerprint density at radius 1 is 0.396 bits per heavy atom. The van der Waals surface area contributed by atoms with Crippen molar-refractivity contribution in [1.82, 2.24) is 9.97 Å². The SMILES string of the molecule is c1ccc(N(c2ccc(-c3ccc(-c4ccc(-c5nc6ccccc6s5)cc4)cc3)cc2)c2ccc3cc4ncccc4cc3c2)cc1. The predicted molar refractivity (Wildman–Crippen MR) is 203 cm³/mol. The van der Waals surface area contributed by atoms with Crippen molar-refractivity contribution >= 4 is 60.3 Å². The van der Waals surface area contributed by atoms with Crippen LogP contribution in [-0.2, 0) is 0 Å². The maximum absolute atomic E-state index is 4.82. The number of para-hydroxylation sites is 2. The van der Waals surface area contributed by atoms with Gasteiger partial charge in [0, 0.05) is 34.2 Å². The molecule has 9 rings (SSSR count). The summed E-state index contributed by atoms with van der Waals surface area (Å²) in [5, 5.41) is 4.57. The van der Waals surface area contributed by atoms with Crippen LogP contribution in [0.25, 0.3) is 64.7 Å². The molecule has 9 aromatic rings. The van der Waals surface area contributed by atoms with E-state index in [9.17, 15) is 0 Å². The summed E-state index contributed by atoms with van der Waals surface area (Å²) in [6.45, 7) is 0. The lowest BCUT2D eigenvalue weighted by molar-refractivity contribution is 1.29. The number of aromatic nitrogens is 2. The van der Waals surface area contributed by atoms with E-state index in [2.05, 4.69) is 168 Å². The normalized spacial score (nSPS) is 11.3. The molecule has 0 N–H and O–H groups in total. The number of rotatable bonds is 6. The topological polar surface area (TPSA) is 29.0 Å². The van der Waals surface area contributed by atoms with Crippen molar-refractivity contribution in [3.05, 3.63) is 176 Å². The standard InChI is InChI=1S/C44H29N3S/c1-2-8-38(9-3-1)47(40-25-22-35-29-42-36(7-6-26-45-42)27-37(35)28-40)39-23-20-33(21-24-39)31-14-12-30(13-15-31)32-16-18-34(19-17-32)44-46-41-10-4-5-11-43(41)48-44/h1-29H. The molecule has 4 heteroatoms. The van der Waals surface area contributed by atoms with Gasteiger partial charge in [-0.1, -0.05) is 103 Å². The molecule has 0 unspecified atom stereocenters. The van der Waals surface area contributed by atoms with Crippen molar-refractivity contribution in [3.8, 4) is 32.8 Å². The fraction of sp³-hybridized carbons (Fsp3) is 0. The number of benzene rings is 7. The summed E-state index contributed by atoms with van der Waals surface area (Å²) in [5.41, 5.74) is 11.3. The molecule has 0 amide bonds. The lowest BCUT2D eigenvalue weighted by Gasteiger charge is -2.26. The summed E-state index contributed by atoms with van der Waals surface area (Å²) < 4.78 is 1.22. The molecule has 2 heterocycles. The minimum absolute atomic E-state index is 1.01. The molecule has 0 aliphatic rings. The van der Waals surface area contributed by atoms with Crippen LogP contribution in [0.1, 0.15) is 0 Å². The quantitative estimate of drug-likeness (QED) is 0.171. The zero-order valence-electron chi connectivity index (χ0n) is 26.0. The van der Waals surface area contributed by atoms with Gasteiger partial charge in [0.2, 0.25) is 0 Å². The van der Waals surface area contributed by atoms with Gasteiger partial charge in [0.15, 0.2) is 0 Å². The van der Waals surface area contributed by atoms with Crippen LogP contribution >= 0.6 is 11.3 Å². The van der Waals surface area contributed by atoms with Gasteiger partial charge >= 0.3 is 0 Å². The van der Waals surface area contributed by atoms with Crippen LogP contribution in [0.15, 0.2) is 176 Å². The second-order valence-electron chi connectivity index (χ2n) is 11.9. The molecule has 0 bridgehead atoms. The zero-order valence-corrected chi connectivity index (χ0v) is 26.8. The molecule has 3 nitrogen and oxygen atoms in total. The first kappa shape index (κ1) is 28.1. The number of pyridine rings is 1. The predicted octanol–water partition coefficient (Wildman–Crippen LogP) is 12.5. The van der Waals surface area contributed by atoms with Crippen LogP contribution in [0.2, 0.25) is 0 Å². The highest BCUT2D eigenvalue weighted by Crippen LogP contribution is 2.38. The smallest absolute Gasteiger partial charge is 0.124 e. The molecule has 0 atom stereocenters. The third-order valence-corrected chi connectivity index (χ3v) is 10.0. The maximum atomic E-state index is 4.82. The van der Waals surface area contributed by atoms with Crippen LogP contribution in [-0.4, -0.2) is 9.97 Å². The van der Waals surface area contributed by atoms with Gasteiger partial charge in [-0.15, -0.1) is 11.3 Å². The van der Waals surface area contributed by atoms with E-state index >= 15 is 0 Å². The van der Waals surface area contributed by atoms with E-state index in [1.807, 2.05) is 18.3 Å². The summed E-state index contributed by atoms with van der Waals surface area (Å²) in [6.07, 6.45) is 1.85. The molecule has 48 heavy (non-hydrogen) atoms. The largest absolute Gasteiger partial charge is 0.310 e. The minimum atomic E-state index is 1.01. The van der Waals surface area contributed by atoms with Crippen LogP contribution in [0.3, 0.4) is 0 Å². The van der Waals surface area contributed by atoms with Gasteiger partial charge in [0.05, 0.1) is 15.7 Å². The summed E-state index contributed by atoms with van der Waals surface area (Å²) in [7, 11) is 0. The summed E-state index contributed by atoms with van der Waals surface area (Å²) in [6, 6.07) is 60.5. The van der Waals surface area contributed by atoms with Crippen molar-refractivity contribution in [3.63, 3.8) is 0 Å². The lowest BCUT2D eigenvalue weighted by atomic mass is 9.99. The second kappa shape index (κ2) is 11.9. The monoisotopic (exact) mass is 631 g/mol. The van der Waals surface area contributed by atoms with Gasteiger partial charge in [0.25, 0.3) is 0 Å². The Hall–Kier alpha value is -6.10. The van der Waals surface area contributed by atoms with Gasteiger partial charge in [-0.3, -0.25) is 4.98 Å². The Labute approximate surface area is 283 Å². The number of anilines is 3. The first-order valence-corrected chi connectivity index (χ1v) is 16.9. The molecular formula is C44H29N3S. The fourth-order valence-corrected chi connectivity index (χ4v) is 7.40. The van der Waals surface area contributed by atoms with E-state index in [-0.39, 0.29) is 0 Å². The first-order chi connectivity index (χ1) is 23.7. The highest BCUT2D eigenvalue weighted by atomic mass is 32.1. The molecule has 0 aliphatic carbocycles. The third kappa shape index (κ3) is 5.28. The van der Waals surface area contributed by atoms with Crippen molar-refractivity contribution < 1.29 is 0 Å². The van der Waals surface area contributed by atoms with Gasteiger partial charge < -0.3 is 4.90 Å². The highest BCUT2D eigenvalue weighted by Gasteiger charge is 2.14. The fourth-order valence-electron chi connectivity index (χ4n) is 6.43. The number of thiazole rings is 1. The van der Waals surface area contributed by atoms with Crippen molar-refractivity contribution in [2.24, 2.45) is 0 Å². The van der Waals surface area contributed by atoms with E-state index in [0.29, 0.717) is 0 Å². The van der Waals surface area contributed by atoms with Gasteiger partial charge in [-0.25, -0.2) is 4.98 Å². The van der Waals surface area contributed by atoms with Gasteiger partial charge in [0.1, 0.15) is 5.01 Å².